The van der Waals surface area contributed by atoms with E-state index in [1.54, 1.807) is 11.8 Å². The molecule has 0 amide bonds. The first-order valence-electron chi connectivity index (χ1n) is 4.48. The van der Waals surface area contributed by atoms with Crippen molar-refractivity contribution in [1.82, 2.24) is 0 Å². The largest absolute Gasteiger partial charge is 0.394 e. The zero-order valence-electron chi connectivity index (χ0n) is 7.66. The van der Waals surface area contributed by atoms with Gasteiger partial charge in [-0.2, -0.15) is 0 Å². The summed E-state index contributed by atoms with van der Waals surface area (Å²) in [7, 11) is 0. The molecular weight excluding hydrogens is 262 g/mol. The maximum absolute atomic E-state index is 9.32. The molecule has 0 bridgehead atoms. The van der Waals surface area contributed by atoms with Gasteiger partial charge in [-0.25, -0.2) is 0 Å². The van der Waals surface area contributed by atoms with E-state index in [-0.39, 0.29) is 6.61 Å². The van der Waals surface area contributed by atoms with Crippen LogP contribution in [0.15, 0.2) is 27.6 Å². The highest BCUT2D eigenvalue weighted by Crippen LogP contribution is 2.39. The van der Waals surface area contributed by atoms with Crippen molar-refractivity contribution in [2.24, 2.45) is 5.73 Å². The van der Waals surface area contributed by atoms with Gasteiger partial charge in [-0.05, 0) is 24.1 Å². The van der Waals surface area contributed by atoms with Crippen molar-refractivity contribution in [3.05, 3.63) is 28.2 Å². The van der Waals surface area contributed by atoms with E-state index in [1.165, 1.54) is 4.90 Å². The lowest BCUT2D eigenvalue weighted by atomic mass is 9.89. The van der Waals surface area contributed by atoms with Gasteiger partial charge >= 0.3 is 0 Å². The number of rotatable bonds is 1. The summed E-state index contributed by atoms with van der Waals surface area (Å²) in [5.74, 6) is 0.973. The van der Waals surface area contributed by atoms with Gasteiger partial charge < -0.3 is 10.8 Å². The third kappa shape index (κ3) is 1.72. The van der Waals surface area contributed by atoms with E-state index in [2.05, 4.69) is 22.0 Å². The van der Waals surface area contributed by atoms with Crippen molar-refractivity contribution in [1.29, 1.82) is 0 Å². The summed E-state index contributed by atoms with van der Waals surface area (Å²) in [6, 6.07) is 6.04. The quantitative estimate of drug-likeness (QED) is 0.824. The highest BCUT2D eigenvalue weighted by molar-refractivity contribution is 9.10. The molecule has 76 valence electrons. The number of thioether (sulfide) groups is 1. The lowest BCUT2D eigenvalue weighted by Crippen LogP contribution is -2.43. The van der Waals surface area contributed by atoms with E-state index in [1.807, 2.05) is 12.1 Å². The van der Waals surface area contributed by atoms with Crippen molar-refractivity contribution in [3.63, 3.8) is 0 Å². The van der Waals surface area contributed by atoms with Crippen LogP contribution in [0.25, 0.3) is 0 Å². The van der Waals surface area contributed by atoms with Gasteiger partial charge in [0.05, 0.1) is 12.1 Å². The molecule has 2 rings (SSSR count). The van der Waals surface area contributed by atoms with Gasteiger partial charge in [0.1, 0.15) is 0 Å². The van der Waals surface area contributed by atoms with Gasteiger partial charge in [0, 0.05) is 15.1 Å². The molecule has 14 heavy (non-hydrogen) atoms. The van der Waals surface area contributed by atoms with Gasteiger partial charge in [0.15, 0.2) is 0 Å². The molecular formula is C10H12BrNOS. The summed E-state index contributed by atoms with van der Waals surface area (Å²) in [6.07, 6.45) is 0.836. The van der Waals surface area contributed by atoms with Crippen molar-refractivity contribution in [2.75, 3.05) is 12.4 Å². The van der Waals surface area contributed by atoms with E-state index in [0.29, 0.717) is 0 Å². The van der Waals surface area contributed by atoms with Gasteiger partial charge in [-0.3, -0.25) is 0 Å². The van der Waals surface area contributed by atoms with Crippen molar-refractivity contribution < 1.29 is 5.11 Å². The first-order valence-corrected chi connectivity index (χ1v) is 6.26. The third-order valence-corrected chi connectivity index (χ3v) is 4.12. The molecule has 1 aliphatic heterocycles. The fraction of sp³-hybridized carbons (Fsp3) is 0.400. The molecule has 0 fully saturated rings. The monoisotopic (exact) mass is 273 g/mol. The molecule has 0 saturated heterocycles. The van der Waals surface area contributed by atoms with Crippen molar-refractivity contribution in [2.45, 2.75) is 16.9 Å². The topological polar surface area (TPSA) is 46.2 Å². The molecule has 0 aromatic heterocycles. The molecule has 1 atom stereocenters. The number of aliphatic hydroxyl groups excluding tert-OH is 1. The van der Waals surface area contributed by atoms with Crippen molar-refractivity contribution in [3.8, 4) is 0 Å². The molecule has 3 N–H and O–H groups in total. The average Bonchev–Trinajstić information content (AvgIpc) is 2.18. The maximum Gasteiger partial charge on any atom is 0.0663 e. The predicted octanol–water partition coefficient (Wildman–Crippen LogP) is 2.09. The SMILES string of the molecule is NC1(CO)CCSc2cc(Br)ccc21. The molecule has 1 unspecified atom stereocenters. The Labute approximate surface area is 96.0 Å². The fourth-order valence-electron chi connectivity index (χ4n) is 1.67. The number of fused-ring (bicyclic) bond motifs is 1. The Morgan fingerprint density at radius 2 is 2.36 bits per heavy atom. The van der Waals surface area contributed by atoms with Gasteiger partial charge in [-0.1, -0.05) is 22.0 Å². The Morgan fingerprint density at radius 1 is 1.57 bits per heavy atom. The molecule has 1 aromatic carbocycles. The average molecular weight is 274 g/mol. The number of hydrogen-bond acceptors (Lipinski definition) is 3. The smallest absolute Gasteiger partial charge is 0.0663 e. The summed E-state index contributed by atoms with van der Waals surface area (Å²) in [6.45, 7) is 0.0161. The van der Waals surface area contributed by atoms with Gasteiger partial charge in [0.25, 0.3) is 0 Å². The highest BCUT2D eigenvalue weighted by atomic mass is 79.9. The molecule has 1 aliphatic rings. The van der Waals surface area contributed by atoms with E-state index in [0.717, 1.165) is 22.2 Å². The van der Waals surface area contributed by atoms with E-state index < -0.39 is 5.54 Å². The lowest BCUT2D eigenvalue weighted by Gasteiger charge is -2.33. The van der Waals surface area contributed by atoms with Gasteiger partial charge in [0.2, 0.25) is 0 Å². The molecule has 1 aromatic rings. The van der Waals surface area contributed by atoms with Gasteiger partial charge in [-0.15, -0.1) is 11.8 Å². The number of nitrogens with two attached hydrogens (primary N) is 1. The second kappa shape index (κ2) is 3.85. The van der Waals surface area contributed by atoms with Crippen LogP contribution in [0.3, 0.4) is 0 Å². The first-order chi connectivity index (χ1) is 6.65. The second-order valence-corrected chi connectivity index (χ2v) is 5.61. The molecule has 0 saturated carbocycles. The molecule has 1 heterocycles. The molecule has 2 nitrogen and oxygen atoms in total. The number of aliphatic hydroxyl groups is 1. The molecule has 0 radical (unpaired) electrons. The molecule has 0 spiro atoms. The Morgan fingerprint density at radius 3 is 3.07 bits per heavy atom. The van der Waals surface area contributed by atoms with E-state index >= 15 is 0 Å². The summed E-state index contributed by atoms with van der Waals surface area (Å²) in [4.78, 5) is 1.18. The zero-order chi connectivity index (χ0) is 10.2. The Hall–Kier alpha value is -0.0300. The second-order valence-electron chi connectivity index (χ2n) is 3.55. The standard InChI is InChI=1S/C10H12BrNOS/c11-7-1-2-8-9(5-7)14-4-3-10(8,12)6-13/h1-2,5,13H,3-4,6,12H2. The Bertz CT molecular complexity index is 358. The summed E-state index contributed by atoms with van der Waals surface area (Å²) >= 11 is 5.23. The van der Waals surface area contributed by atoms with E-state index in [4.69, 9.17) is 5.73 Å². The van der Waals surface area contributed by atoms with Crippen LogP contribution in [-0.2, 0) is 5.54 Å². The summed E-state index contributed by atoms with van der Waals surface area (Å²) in [5.41, 5.74) is 6.67. The summed E-state index contributed by atoms with van der Waals surface area (Å²) < 4.78 is 1.06. The minimum absolute atomic E-state index is 0.0161. The lowest BCUT2D eigenvalue weighted by molar-refractivity contribution is 0.189. The fourth-order valence-corrected chi connectivity index (χ4v) is 3.50. The van der Waals surface area contributed by atoms with Crippen LogP contribution in [0.2, 0.25) is 0 Å². The maximum atomic E-state index is 9.32. The number of benzene rings is 1. The first kappa shape index (κ1) is 10.5. The predicted molar refractivity (Wildman–Crippen MR) is 62.4 cm³/mol. The van der Waals surface area contributed by atoms with Crippen LogP contribution in [0.1, 0.15) is 12.0 Å². The molecule has 0 aliphatic carbocycles. The van der Waals surface area contributed by atoms with Crippen LogP contribution in [0.5, 0.6) is 0 Å². The minimum Gasteiger partial charge on any atom is -0.394 e. The van der Waals surface area contributed by atoms with Crippen LogP contribution < -0.4 is 5.73 Å². The van der Waals surface area contributed by atoms with E-state index in [9.17, 15) is 5.11 Å². The minimum atomic E-state index is -0.540. The molecule has 4 heteroatoms. The Kier molecular flexibility index (Phi) is 2.88. The normalized spacial score (nSPS) is 25.9. The van der Waals surface area contributed by atoms with Crippen LogP contribution >= 0.6 is 27.7 Å². The van der Waals surface area contributed by atoms with Crippen LogP contribution in [-0.4, -0.2) is 17.5 Å². The van der Waals surface area contributed by atoms with Crippen molar-refractivity contribution >= 4 is 27.7 Å². The highest BCUT2D eigenvalue weighted by Gasteiger charge is 2.32. The summed E-state index contributed by atoms with van der Waals surface area (Å²) in [5, 5.41) is 9.32. The Balaban J connectivity index is 2.50. The number of halogens is 1. The third-order valence-electron chi connectivity index (χ3n) is 2.57. The zero-order valence-corrected chi connectivity index (χ0v) is 10.1. The van der Waals surface area contributed by atoms with Crippen LogP contribution in [0, 0.1) is 0 Å². The number of hydrogen-bond donors (Lipinski definition) is 2. The van der Waals surface area contributed by atoms with Crippen LogP contribution in [0.4, 0.5) is 0 Å².